The van der Waals surface area contributed by atoms with E-state index < -0.39 is 5.95 Å². The molecule has 0 bridgehead atoms. The van der Waals surface area contributed by atoms with E-state index in [9.17, 15) is 9.59 Å². The van der Waals surface area contributed by atoms with Gasteiger partial charge in [-0.05, 0) is 55.5 Å². The standard InChI is InChI=1S/C30H30FN7O2/c1-17-21-5-3-2-4-19(21)10-11-37(17)30(40)24-13-25(20-6-7-20)38-28(33-24)14-23(35-38)22-8-9-27(34-29(22)31)36-15-18(16-36)12-26(32)39/h2-5,8-9,13-14,17-18,20H,6-7,10-12,15-16H2,1H3,(H2,32,39)/t17-/m1/s1. The van der Waals surface area contributed by atoms with Gasteiger partial charge in [-0.15, -0.1) is 0 Å². The third-order valence-corrected chi connectivity index (χ3v) is 8.41. The van der Waals surface area contributed by atoms with Crippen molar-refractivity contribution in [3.8, 4) is 11.3 Å². The van der Waals surface area contributed by atoms with Gasteiger partial charge < -0.3 is 15.5 Å². The fourth-order valence-corrected chi connectivity index (χ4v) is 6.07. The van der Waals surface area contributed by atoms with Gasteiger partial charge in [-0.1, -0.05) is 24.3 Å². The summed E-state index contributed by atoms with van der Waals surface area (Å²) in [6, 6.07) is 15.3. The third-order valence-electron chi connectivity index (χ3n) is 8.41. The first-order valence-electron chi connectivity index (χ1n) is 13.9. The molecule has 1 aromatic carbocycles. The average Bonchev–Trinajstić information content (AvgIpc) is 3.68. The Kier molecular flexibility index (Phi) is 5.80. The second-order valence-electron chi connectivity index (χ2n) is 11.2. The maximum Gasteiger partial charge on any atom is 0.273 e. The van der Waals surface area contributed by atoms with Gasteiger partial charge in [0.1, 0.15) is 11.5 Å². The molecular formula is C30H30FN7O2. The lowest BCUT2D eigenvalue weighted by atomic mass is 9.93. The van der Waals surface area contributed by atoms with Crippen LogP contribution in [0.2, 0.25) is 0 Å². The molecule has 204 valence electrons. The molecule has 2 N–H and O–H groups in total. The number of halogens is 1. The summed E-state index contributed by atoms with van der Waals surface area (Å²) in [6.45, 7) is 3.94. The quantitative estimate of drug-likeness (QED) is 0.373. The SMILES string of the molecule is C[C@@H]1c2ccccc2CCN1C(=O)c1cc(C2CC2)n2nc(-c3ccc(N4CC(CC(N)=O)C4)nc3F)cc2n1. The van der Waals surface area contributed by atoms with Crippen molar-refractivity contribution in [3.63, 3.8) is 0 Å². The number of primary amides is 1. The van der Waals surface area contributed by atoms with Gasteiger partial charge in [0.25, 0.3) is 5.91 Å². The Labute approximate surface area is 230 Å². The van der Waals surface area contributed by atoms with Crippen molar-refractivity contribution in [2.45, 2.75) is 44.6 Å². The minimum atomic E-state index is -0.621. The zero-order valence-corrected chi connectivity index (χ0v) is 22.3. The van der Waals surface area contributed by atoms with Crippen molar-refractivity contribution in [2.24, 2.45) is 11.7 Å². The summed E-state index contributed by atoms with van der Waals surface area (Å²) in [5, 5.41) is 4.70. The van der Waals surface area contributed by atoms with E-state index in [-0.39, 0.29) is 29.3 Å². The van der Waals surface area contributed by atoms with Gasteiger partial charge in [0.2, 0.25) is 11.9 Å². The molecule has 3 aromatic heterocycles. The zero-order chi connectivity index (χ0) is 27.5. The number of rotatable bonds is 6. The third kappa shape index (κ3) is 4.27. The first-order valence-corrected chi connectivity index (χ1v) is 13.9. The number of fused-ring (bicyclic) bond motifs is 2. The highest BCUT2D eigenvalue weighted by Crippen LogP contribution is 2.41. The molecule has 0 spiro atoms. The maximum atomic E-state index is 15.2. The molecule has 1 atom stereocenters. The highest BCUT2D eigenvalue weighted by Gasteiger charge is 2.33. The largest absolute Gasteiger partial charge is 0.370 e. The molecule has 1 saturated heterocycles. The molecule has 3 aliphatic rings. The molecule has 5 heterocycles. The van der Waals surface area contributed by atoms with Gasteiger partial charge in [0, 0.05) is 49.7 Å². The molecule has 9 nitrogen and oxygen atoms in total. The number of hydrogen-bond donors (Lipinski definition) is 1. The Balaban J connectivity index is 1.18. The fourth-order valence-electron chi connectivity index (χ4n) is 6.07. The van der Waals surface area contributed by atoms with Crippen LogP contribution in [0.5, 0.6) is 0 Å². The molecule has 10 heteroatoms. The average molecular weight is 540 g/mol. The molecule has 7 rings (SSSR count). The van der Waals surface area contributed by atoms with Crippen LogP contribution in [0.15, 0.2) is 48.5 Å². The topological polar surface area (TPSA) is 110 Å². The van der Waals surface area contributed by atoms with Gasteiger partial charge in [0.05, 0.1) is 17.3 Å². The Morgan fingerprint density at radius 3 is 2.62 bits per heavy atom. The minimum absolute atomic E-state index is 0.0449. The number of carbonyl (C=O) groups is 2. The molecule has 2 fully saturated rings. The molecule has 0 unspecified atom stereocenters. The normalized spacial score (nSPS) is 19.0. The number of benzene rings is 1. The Morgan fingerprint density at radius 2 is 1.88 bits per heavy atom. The number of nitrogens with zero attached hydrogens (tertiary/aromatic N) is 6. The van der Waals surface area contributed by atoms with Crippen molar-refractivity contribution in [2.75, 3.05) is 24.5 Å². The summed E-state index contributed by atoms with van der Waals surface area (Å²) in [4.78, 5) is 37.6. The predicted molar refractivity (Wildman–Crippen MR) is 147 cm³/mol. The van der Waals surface area contributed by atoms with Crippen molar-refractivity contribution in [1.29, 1.82) is 0 Å². The molecule has 2 aliphatic heterocycles. The molecule has 0 radical (unpaired) electrons. The van der Waals surface area contributed by atoms with Gasteiger partial charge in [0.15, 0.2) is 5.65 Å². The van der Waals surface area contributed by atoms with Gasteiger partial charge >= 0.3 is 0 Å². The van der Waals surface area contributed by atoms with E-state index in [1.807, 2.05) is 28.0 Å². The number of nitrogens with two attached hydrogens (primary N) is 1. The second kappa shape index (κ2) is 9.39. The molecule has 4 aromatic rings. The van der Waals surface area contributed by atoms with E-state index in [4.69, 9.17) is 15.8 Å². The lowest BCUT2D eigenvalue weighted by Crippen LogP contribution is -2.48. The van der Waals surface area contributed by atoms with Crippen LogP contribution >= 0.6 is 0 Å². The number of amides is 2. The van der Waals surface area contributed by atoms with Crippen molar-refractivity contribution >= 4 is 23.3 Å². The van der Waals surface area contributed by atoms with E-state index in [0.29, 0.717) is 54.8 Å². The predicted octanol–water partition coefficient (Wildman–Crippen LogP) is 3.88. The lowest BCUT2D eigenvalue weighted by molar-refractivity contribution is -0.119. The molecule has 1 saturated carbocycles. The highest BCUT2D eigenvalue weighted by atomic mass is 19.1. The number of carbonyl (C=O) groups excluding carboxylic acids is 2. The Morgan fingerprint density at radius 1 is 1.07 bits per heavy atom. The first kappa shape index (κ1) is 24.7. The second-order valence-corrected chi connectivity index (χ2v) is 11.2. The summed E-state index contributed by atoms with van der Waals surface area (Å²) >= 11 is 0. The Bertz CT molecular complexity index is 1660. The summed E-state index contributed by atoms with van der Waals surface area (Å²) in [5.74, 6) is -0.0558. The lowest BCUT2D eigenvalue weighted by Gasteiger charge is -2.39. The number of aromatic nitrogens is 4. The van der Waals surface area contributed by atoms with Crippen LogP contribution in [0.1, 0.15) is 65.5 Å². The van der Waals surface area contributed by atoms with E-state index >= 15 is 4.39 Å². The summed E-state index contributed by atoms with van der Waals surface area (Å²) in [6.07, 6.45) is 3.18. The highest BCUT2D eigenvalue weighted by molar-refractivity contribution is 5.93. The minimum Gasteiger partial charge on any atom is -0.370 e. The molecule has 40 heavy (non-hydrogen) atoms. The van der Waals surface area contributed by atoms with Crippen LogP contribution in [0.25, 0.3) is 16.9 Å². The monoisotopic (exact) mass is 539 g/mol. The van der Waals surface area contributed by atoms with Crippen molar-refractivity contribution < 1.29 is 14.0 Å². The smallest absolute Gasteiger partial charge is 0.273 e. The van der Waals surface area contributed by atoms with Gasteiger partial charge in [-0.25, -0.2) is 14.5 Å². The first-order chi connectivity index (χ1) is 19.4. The summed E-state index contributed by atoms with van der Waals surface area (Å²) in [7, 11) is 0. The van der Waals surface area contributed by atoms with Crippen LogP contribution in [-0.4, -0.2) is 55.9 Å². The van der Waals surface area contributed by atoms with Crippen molar-refractivity contribution in [3.05, 3.63) is 77.0 Å². The van der Waals surface area contributed by atoms with E-state index in [2.05, 4.69) is 24.0 Å². The maximum absolute atomic E-state index is 15.2. The fraction of sp³-hybridized carbons (Fsp3) is 0.367. The van der Waals surface area contributed by atoms with E-state index in [0.717, 1.165) is 25.0 Å². The zero-order valence-electron chi connectivity index (χ0n) is 22.3. The van der Waals surface area contributed by atoms with Gasteiger partial charge in [-0.2, -0.15) is 9.49 Å². The van der Waals surface area contributed by atoms with Crippen LogP contribution in [0, 0.1) is 11.9 Å². The van der Waals surface area contributed by atoms with Crippen molar-refractivity contribution in [1.82, 2.24) is 24.5 Å². The molecular weight excluding hydrogens is 509 g/mol. The summed E-state index contributed by atoms with van der Waals surface area (Å²) < 4.78 is 17.0. The van der Waals surface area contributed by atoms with Crippen LogP contribution < -0.4 is 10.6 Å². The number of pyridine rings is 1. The summed E-state index contributed by atoms with van der Waals surface area (Å²) in [5.41, 5.74) is 10.3. The van der Waals surface area contributed by atoms with E-state index in [1.54, 1.807) is 22.7 Å². The number of anilines is 1. The Hall–Kier alpha value is -4.34. The molecule has 1 aliphatic carbocycles. The number of hydrogen-bond acceptors (Lipinski definition) is 6. The van der Waals surface area contributed by atoms with Gasteiger partial charge in [-0.3, -0.25) is 9.59 Å². The molecule has 2 amide bonds. The van der Waals surface area contributed by atoms with Crippen LogP contribution in [-0.2, 0) is 11.2 Å². The van der Waals surface area contributed by atoms with E-state index in [1.165, 1.54) is 11.1 Å². The van der Waals surface area contributed by atoms with Crippen LogP contribution in [0.3, 0.4) is 0 Å². The van der Waals surface area contributed by atoms with Crippen LogP contribution in [0.4, 0.5) is 10.2 Å².